The van der Waals surface area contributed by atoms with E-state index < -0.39 is 10.9 Å². The molecular weight excluding hydrogens is 288 g/mol. The monoisotopic (exact) mass is 300 g/mol. The Kier molecular flexibility index (Phi) is 4.81. The van der Waals surface area contributed by atoms with Crippen LogP contribution < -0.4 is 4.74 Å². The fourth-order valence-corrected chi connectivity index (χ4v) is 1.60. The smallest absolute Gasteiger partial charge is 0.365 e. The van der Waals surface area contributed by atoms with E-state index in [4.69, 9.17) is 9.57 Å². The molecule has 0 heterocycles. The molecule has 22 heavy (non-hydrogen) atoms. The van der Waals surface area contributed by atoms with Crippen LogP contribution in [0.25, 0.3) is 0 Å². The molecule has 0 unspecified atom stereocenters. The van der Waals surface area contributed by atoms with Gasteiger partial charge in [-0.1, -0.05) is 5.16 Å². The Balaban J connectivity index is 1.96. The fraction of sp³-hybridized carbons (Fsp3) is 0.0667. The number of non-ortho nitro benzene ring substituents is 1. The number of benzene rings is 2. The highest BCUT2D eigenvalue weighted by molar-refractivity contribution is 5.90. The van der Waals surface area contributed by atoms with Crippen molar-refractivity contribution in [3.05, 3.63) is 69.8 Å². The van der Waals surface area contributed by atoms with Crippen molar-refractivity contribution in [2.45, 2.75) is 0 Å². The van der Waals surface area contributed by atoms with Crippen molar-refractivity contribution in [3.8, 4) is 5.75 Å². The van der Waals surface area contributed by atoms with Crippen LogP contribution in [0.5, 0.6) is 5.75 Å². The average Bonchev–Trinajstić information content (AvgIpc) is 2.55. The van der Waals surface area contributed by atoms with E-state index in [1.807, 2.05) is 0 Å². The van der Waals surface area contributed by atoms with Crippen LogP contribution in [0.2, 0.25) is 0 Å². The molecule has 2 aromatic carbocycles. The number of rotatable bonds is 5. The predicted octanol–water partition coefficient (Wildman–Crippen LogP) is 2.79. The molecule has 0 atom stereocenters. The van der Waals surface area contributed by atoms with Crippen molar-refractivity contribution < 1.29 is 19.3 Å². The second-order valence-electron chi connectivity index (χ2n) is 4.19. The largest absolute Gasteiger partial charge is 0.497 e. The Hall–Kier alpha value is -3.22. The highest BCUT2D eigenvalue weighted by Crippen LogP contribution is 2.13. The zero-order chi connectivity index (χ0) is 15.9. The van der Waals surface area contributed by atoms with E-state index in [-0.39, 0.29) is 5.69 Å². The highest BCUT2D eigenvalue weighted by Gasteiger charge is 2.07. The first-order valence-corrected chi connectivity index (χ1v) is 6.23. The third-order valence-corrected chi connectivity index (χ3v) is 2.77. The van der Waals surface area contributed by atoms with Gasteiger partial charge in [0.15, 0.2) is 0 Å². The summed E-state index contributed by atoms with van der Waals surface area (Å²) in [4.78, 5) is 26.5. The molecule has 0 spiro atoms. The lowest BCUT2D eigenvalue weighted by molar-refractivity contribution is -0.384. The minimum absolute atomic E-state index is 0.0209. The lowest BCUT2D eigenvalue weighted by atomic mass is 10.2. The Morgan fingerprint density at radius 3 is 2.32 bits per heavy atom. The number of carbonyl (C=O) groups is 1. The van der Waals surface area contributed by atoms with Crippen LogP contribution in [-0.4, -0.2) is 24.2 Å². The van der Waals surface area contributed by atoms with Gasteiger partial charge in [0.05, 0.1) is 23.8 Å². The van der Waals surface area contributed by atoms with Crippen molar-refractivity contribution in [2.75, 3.05) is 7.11 Å². The summed E-state index contributed by atoms with van der Waals surface area (Å²) < 4.78 is 4.98. The summed E-state index contributed by atoms with van der Waals surface area (Å²) in [6, 6.07) is 12.1. The van der Waals surface area contributed by atoms with Gasteiger partial charge in [0.25, 0.3) is 5.69 Å². The van der Waals surface area contributed by atoms with E-state index in [1.165, 1.54) is 37.6 Å². The molecule has 7 nitrogen and oxygen atoms in total. The molecular formula is C15H12N2O5. The van der Waals surface area contributed by atoms with E-state index in [0.29, 0.717) is 16.9 Å². The van der Waals surface area contributed by atoms with Crippen LogP contribution in [0.3, 0.4) is 0 Å². The summed E-state index contributed by atoms with van der Waals surface area (Å²) in [6.45, 7) is 0. The van der Waals surface area contributed by atoms with Gasteiger partial charge in [-0.15, -0.1) is 0 Å². The molecule has 0 aliphatic carbocycles. The van der Waals surface area contributed by atoms with Gasteiger partial charge in [-0.25, -0.2) is 4.79 Å². The molecule has 0 N–H and O–H groups in total. The molecule has 2 rings (SSSR count). The predicted molar refractivity (Wildman–Crippen MR) is 79.1 cm³/mol. The Bertz CT molecular complexity index is 693. The van der Waals surface area contributed by atoms with E-state index >= 15 is 0 Å². The molecule has 0 amide bonds. The van der Waals surface area contributed by atoms with Crippen LogP contribution in [0.15, 0.2) is 53.7 Å². The topological polar surface area (TPSA) is 91.0 Å². The minimum atomic E-state index is -0.610. The van der Waals surface area contributed by atoms with Gasteiger partial charge in [0, 0.05) is 12.1 Å². The van der Waals surface area contributed by atoms with E-state index in [9.17, 15) is 14.9 Å². The second kappa shape index (κ2) is 6.98. The second-order valence-corrected chi connectivity index (χ2v) is 4.19. The van der Waals surface area contributed by atoms with Crippen molar-refractivity contribution in [1.82, 2.24) is 0 Å². The zero-order valence-corrected chi connectivity index (χ0v) is 11.6. The van der Waals surface area contributed by atoms with Gasteiger partial charge >= 0.3 is 5.97 Å². The number of hydrogen-bond acceptors (Lipinski definition) is 6. The summed E-state index contributed by atoms with van der Waals surface area (Å²) in [7, 11) is 1.53. The number of ether oxygens (including phenoxy) is 1. The molecule has 0 aliphatic heterocycles. The van der Waals surface area contributed by atoms with E-state index in [2.05, 4.69) is 5.16 Å². The van der Waals surface area contributed by atoms with Crippen LogP contribution in [-0.2, 0) is 4.84 Å². The first-order valence-electron chi connectivity index (χ1n) is 6.23. The maximum Gasteiger partial charge on any atom is 0.365 e. The fourth-order valence-electron chi connectivity index (χ4n) is 1.60. The third kappa shape index (κ3) is 3.89. The first-order chi connectivity index (χ1) is 10.6. The molecule has 2 aromatic rings. The average molecular weight is 300 g/mol. The van der Waals surface area contributed by atoms with Gasteiger partial charge in [0.2, 0.25) is 0 Å². The van der Waals surface area contributed by atoms with Crippen LogP contribution in [0.4, 0.5) is 5.69 Å². The van der Waals surface area contributed by atoms with Crippen molar-refractivity contribution in [2.24, 2.45) is 5.16 Å². The quantitative estimate of drug-likeness (QED) is 0.366. The lowest BCUT2D eigenvalue weighted by Gasteiger charge is -2.00. The molecule has 0 saturated heterocycles. The highest BCUT2D eigenvalue weighted by atomic mass is 16.7. The first kappa shape index (κ1) is 15.2. The summed E-state index contributed by atoms with van der Waals surface area (Å²) in [5, 5.41) is 14.1. The summed E-state index contributed by atoms with van der Waals surface area (Å²) in [5.74, 6) is 0.0201. The number of nitro groups is 1. The molecule has 112 valence electrons. The Morgan fingerprint density at radius 2 is 1.77 bits per heavy atom. The number of carbonyl (C=O) groups excluding carboxylic acids is 1. The molecule has 0 fully saturated rings. The van der Waals surface area contributed by atoms with Crippen molar-refractivity contribution >= 4 is 17.9 Å². The molecule has 0 aromatic heterocycles. The van der Waals surface area contributed by atoms with Crippen LogP contribution in [0, 0.1) is 10.1 Å². The SMILES string of the molecule is COc1ccc(C(=O)O/N=C\c2ccc([N+](=O)[O-])cc2)cc1. The molecule has 7 heteroatoms. The number of hydrogen-bond donors (Lipinski definition) is 0. The maximum atomic E-state index is 11.7. The standard InChI is InChI=1S/C15H12N2O5/c1-21-14-8-4-12(5-9-14)15(18)22-16-10-11-2-6-13(7-3-11)17(19)20/h2-10H,1H3/b16-10-. The van der Waals surface area contributed by atoms with E-state index in [0.717, 1.165) is 0 Å². The van der Waals surface area contributed by atoms with Crippen LogP contribution >= 0.6 is 0 Å². The summed E-state index contributed by atoms with van der Waals surface area (Å²) in [6.07, 6.45) is 1.30. The van der Waals surface area contributed by atoms with Gasteiger partial charge < -0.3 is 9.57 Å². The molecule has 0 radical (unpaired) electrons. The number of methoxy groups -OCH3 is 1. The summed E-state index contributed by atoms with van der Waals surface area (Å²) >= 11 is 0. The number of nitro benzene ring substituents is 1. The van der Waals surface area contributed by atoms with Gasteiger partial charge in [-0.3, -0.25) is 10.1 Å². The van der Waals surface area contributed by atoms with Gasteiger partial charge in [-0.2, -0.15) is 0 Å². The molecule has 0 saturated carbocycles. The van der Waals surface area contributed by atoms with Crippen LogP contribution in [0.1, 0.15) is 15.9 Å². The lowest BCUT2D eigenvalue weighted by Crippen LogP contribution is -2.01. The zero-order valence-electron chi connectivity index (χ0n) is 11.6. The Labute approximate surface area is 125 Å². The third-order valence-electron chi connectivity index (χ3n) is 2.77. The Morgan fingerprint density at radius 1 is 1.14 bits per heavy atom. The normalized spacial score (nSPS) is 10.4. The number of oxime groups is 1. The van der Waals surface area contributed by atoms with Crippen molar-refractivity contribution in [3.63, 3.8) is 0 Å². The molecule has 0 bridgehead atoms. The van der Waals surface area contributed by atoms with Crippen molar-refractivity contribution in [1.29, 1.82) is 0 Å². The summed E-state index contributed by atoms with van der Waals surface area (Å²) in [5.41, 5.74) is 0.891. The van der Waals surface area contributed by atoms with E-state index in [1.54, 1.807) is 24.3 Å². The van der Waals surface area contributed by atoms with Gasteiger partial charge in [-0.05, 0) is 42.0 Å². The van der Waals surface area contributed by atoms with Gasteiger partial charge in [0.1, 0.15) is 5.75 Å². The number of nitrogens with zero attached hydrogens (tertiary/aromatic N) is 2. The molecule has 0 aliphatic rings. The minimum Gasteiger partial charge on any atom is -0.497 e. The maximum absolute atomic E-state index is 11.7.